The van der Waals surface area contributed by atoms with Crippen molar-refractivity contribution in [3.05, 3.63) is 36.2 Å². The third-order valence-corrected chi connectivity index (χ3v) is 4.74. The Morgan fingerprint density at radius 3 is 2.36 bits per heavy atom. The Hall–Kier alpha value is -3.03. The highest BCUT2D eigenvalue weighted by Gasteiger charge is 2.24. The Labute approximate surface area is 164 Å². The minimum Gasteiger partial charge on any atom is -0.493 e. The van der Waals surface area contributed by atoms with Crippen LogP contribution >= 0.6 is 0 Å². The summed E-state index contributed by atoms with van der Waals surface area (Å²) < 4.78 is 21.4. The average Bonchev–Trinajstić information content (AvgIpc) is 2.74. The molecule has 1 aliphatic carbocycles. The van der Waals surface area contributed by atoms with E-state index in [2.05, 4.69) is 15.3 Å². The van der Waals surface area contributed by atoms with Gasteiger partial charge in [0.2, 0.25) is 11.8 Å². The van der Waals surface area contributed by atoms with Crippen molar-refractivity contribution in [3.8, 4) is 23.3 Å². The Morgan fingerprint density at radius 1 is 0.964 bits per heavy atom. The van der Waals surface area contributed by atoms with Crippen molar-refractivity contribution < 1.29 is 23.7 Å². The fraction of sp³-hybridized carbons (Fsp3) is 0.450. The zero-order chi connectivity index (χ0) is 19.9. The maximum atomic E-state index is 12.6. The lowest BCUT2D eigenvalue weighted by Gasteiger charge is -2.29. The first kappa shape index (κ1) is 19.7. The van der Waals surface area contributed by atoms with Gasteiger partial charge in [0, 0.05) is 11.6 Å². The van der Waals surface area contributed by atoms with Crippen LogP contribution in [-0.4, -0.2) is 49.4 Å². The molecule has 0 saturated heterocycles. The Bertz CT molecular complexity index is 806. The van der Waals surface area contributed by atoms with Crippen LogP contribution in [0.5, 0.6) is 23.3 Å². The van der Waals surface area contributed by atoms with E-state index in [4.69, 9.17) is 18.9 Å². The van der Waals surface area contributed by atoms with Crippen molar-refractivity contribution in [1.82, 2.24) is 15.3 Å². The Balaban J connectivity index is 1.51. The summed E-state index contributed by atoms with van der Waals surface area (Å²) in [5, 5.41) is 3.09. The summed E-state index contributed by atoms with van der Waals surface area (Å²) in [5.41, 5.74) is 0.544. The van der Waals surface area contributed by atoms with Gasteiger partial charge in [-0.05, 0) is 43.9 Å². The summed E-state index contributed by atoms with van der Waals surface area (Å²) in [6.07, 6.45) is 6.49. The first-order valence-electron chi connectivity index (χ1n) is 9.18. The number of amides is 1. The Morgan fingerprint density at radius 2 is 1.68 bits per heavy atom. The third-order valence-electron chi connectivity index (χ3n) is 4.74. The minimum absolute atomic E-state index is 0.0515. The molecule has 1 aliphatic rings. The third kappa shape index (κ3) is 4.82. The molecule has 150 valence electrons. The predicted molar refractivity (Wildman–Crippen MR) is 102 cm³/mol. The van der Waals surface area contributed by atoms with Crippen LogP contribution in [0.4, 0.5) is 0 Å². The lowest BCUT2D eigenvalue weighted by Crippen LogP contribution is -2.39. The van der Waals surface area contributed by atoms with E-state index < -0.39 is 0 Å². The van der Waals surface area contributed by atoms with Crippen molar-refractivity contribution in [1.29, 1.82) is 0 Å². The van der Waals surface area contributed by atoms with Gasteiger partial charge in [0.15, 0.2) is 11.5 Å². The first-order chi connectivity index (χ1) is 13.6. The van der Waals surface area contributed by atoms with E-state index in [1.165, 1.54) is 6.20 Å². The van der Waals surface area contributed by atoms with Gasteiger partial charge in [-0.2, -0.15) is 4.98 Å². The van der Waals surface area contributed by atoms with Crippen molar-refractivity contribution in [2.45, 2.75) is 37.8 Å². The second-order valence-electron chi connectivity index (χ2n) is 6.53. The number of carbonyl (C=O) groups excluding carboxylic acids is 1. The van der Waals surface area contributed by atoms with Crippen LogP contribution in [0, 0.1) is 0 Å². The molecule has 2 aromatic rings. The fourth-order valence-corrected chi connectivity index (χ4v) is 3.23. The van der Waals surface area contributed by atoms with Crippen LogP contribution in [0.2, 0.25) is 0 Å². The maximum absolute atomic E-state index is 12.6. The van der Waals surface area contributed by atoms with Gasteiger partial charge < -0.3 is 24.3 Å². The van der Waals surface area contributed by atoms with Crippen molar-refractivity contribution >= 4 is 5.91 Å². The van der Waals surface area contributed by atoms with Gasteiger partial charge in [0.05, 0.1) is 33.7 Å². The molecular formula is C20H25N3O5. The van der Waals surface area contributed by atoms with Gasteiger partial charge >= 0.3 is 0 Å². The summed E-state index contributed by atoms with van der Waals surface area (Å²) in [6, 6.07) is 5.25. The zero-order valence-electron chi connectivity index (χ0n) is 16.3. The van der Waals surface area contributed by atoms with Crippen LogP contribution in [0.3, 0.4) is 0 Å². The molecule has 0 spiro atoms. The number of nitrogens with zero attached hydrogens (tertiary/aromatic N) is 2. The average molecular weight is 387 g/mol. The fourth-order valence-electron chi connectivity index (χ4n) is 3.23. The van der Waals surface area contributed by atoms with Gasteiger partial charge in [-0.3, -0.25) is 9.78 Å². The highest BCUT2D eigenvalue weighted by molar-refractivity contribution is 5.95. The second kappa shape index (κ2) is 9.25. The van der Waals surface area contributed by atoms with E-state index in [-0.39, 0.29) is 18.1 Å². The van der Waals surface area contributed by atoms with Gasteiger partial charge in [0.1, 0.15) is 6.10 Å². The van der Waals surface area contributed by atoms with Crippen molar-refractivity contribution in [2.75, 3.05) is 21.3 Å². The number of hydrogen-bond donors (Lipinski definition) is 1. The molecule has 0 radical (unpaired) electrons. The van der Waals surface area contributed by atoms with Crippen LogP contribution in [0.15, 0.2) is 30.6 Å². The van der Waals surface area contributed by atoms with E-state index in [1.54, 1.807) is 45.7 Å². The minimum atomic E-state index is -0.121. The second-order valence-corrected chi connectivity index (χ2v) is 6.53. The van der Waals surface area contributed by atoms with Gasteiger partial charge in [-0.25, -0.2) is 0 Å². The highest BCUT2D eigenvalue weighted by Crippen LogP contribution is 2.28. The topological polar surface area (TPSA) is 91.8 Å². The van der Waals surface area contributed by atoms with E-state index in [9.17, 15) is 4.79 Å². The number of methoxy groups -OCH3 is 3. The van der Waals surface area contributed by atoms with Crippen LogP contribution < -0.4 is 24.3 Å². The van der Waals surface area contributed by atoms with Gasteiger partial charge in [-0.15, -0.1) is 0 Å². The molecule has 1 aromatic carbocycles. The summed E-state index contributed by atoms with van der Waals surface area (Å²) in [7, 11) is 4.66. The van der Waals surface area contributed by atoms with Crippen molar-refractivity contribution in [3.63, 3.8) is 0 Å². The van der Waals surface area contributed by atoms with Gasteiger partial charge in [0.25, 0.3) is 5.91 Å². The van der Waals surface area contributed by atoms with E-state index in [0.29, 0.717) is 28.8 Å². The number of rotatable bonds is 7. The molecule has 1 aromatic heterocycles. The molecule has 1 N–H and O–H groups in total. The number of benzene rings is 1. The summed E-state index contributed by atoms with van der Waals surface area (Å²) >= 11 is 0. The quantitative estimate of drug-likeness (QED) is 0.781. The zero-order valence-corrected chi connectivity index (χ0v) is 16.3. The van der Waals surface area contributed by atoms with Crippen LogP contribution in [-0.2, 0) is 0 Å². The molecule has 0 atom stereocenters. The number of ether oxygens (including phenoxy) is 4. The summed E-state index contributed by atoms with van der Waals surface area (Å²) in [6.45, 7) is 0. The lowest BCUT2D eigenvalue weighted by atomic mass is 9.92. The SMILES string of the molecule is COc1cncc(OC2CCC(NC(=O)c3ccc(OC)c(OC)c3)CC2)n1. The van der Waals surface area contributed by atoms with E-state index >= 15 is 0 Å². The number of aromatic nitrogens is 2. The Kier molecular flexibility index (Phi) is 6.52. The number of nitrogens with one attached hydrogen (secondary N) is 1. The normalized spacial score (nSPS) is 18.8. The molecule has 8 heteroatoms. The monoisotopic (exact) mass is 387 g/mol. The number of hydrogen-bond acceptors (Lipinski definition) is 7. The molecule has 8 nitrogen and oxygen atoms in total. The summed E-state index contributed by atoms with van der Waals surface area (Å²) in [5.74, 6) is 1.89. The molecule has 1 amide bonds. The molecular weight excluding hydrogens is 362 g/mol. The van der Waals surface area contributed by atoms with Crippen LogP contribution in [0.1, 0.15) is 36.0 Å². The molecule has 0 bridgehead atoms. The van der Waals surface area contributed by atoms with Crippen molar-refractivity contribution in [2.24, 2.45) is 0 Å². The predicted octanol–water partition coefficient (Wildman–Crippen LogP) is 2.62. The first-order valence-corrected chi connectivity index (χ1v) is 9.18. The molecule has 1 fully saturated rings. The summed E-state index contributed by atoms with van der Waals surface area (Å²) in [4.78, 5) is 20.8. The largest absolute Gasteiger partial charge is 0.493 e. The maximum Gasteiger partial charge on any atom is 0.251 e. The molecule has 1 saturated carbocycles. The van der Waals surface area contributed by atoms with E-state index in [1.807, 2.05) is 0 Å². The molecule has 3 rings (SSSR count). The smallest absolute Gasteiger partial charge is 0.251 e. The van der Waals surface area contributed by atoms with E-state index in [0.717, 1.165) is 25.7 Å². The molecule has 0 aliphatic heterocycles. The standard InChI is InChI=1S/C20H25N3O5/c1-25-16-9-4-13(10-17(16)26-2)20(24)22-14-5-7-15(8-6-14)28-19-12-21-11-18(23-19)27-3/h4,9-12,14-15H,5-8H2,1-3H3,(H,22,24). The van der Waals surface area contributed by atoms with Gasteiger partial charge in [-0.1, -0.05) is 0 Å². The van der Waals surface area contributed by atoms with Crippen LogP contribution in [0.25, 0.3) is 0 Å². The molecule has 28 heavy (non-hydrogen) atoms. The lowest BCUT2D eigenvalue weighted by molar-refractivity contribution is 0.0888. The molecule has 0 unspecified atom stereocenters. The molecule has 1 heterocycles. The highest BCUT2D eigenvalue weighted by atomic mass is 16.5. The number of carbonyl (C=O) groups is 1.